The summed E-state index contributed by atoms with van der Waals surface area (Å²) in [5.74, 6) is -0.874. The molecule has 0 aliphatic rings. The molecule has 0 aliphatic carbocycles. The van der Waals surface area contributed by atoms with Gasteiger partial charge in [-0.05, 0) is 22.9 Å². The van der Waals surface area contributed by atoms with Crippen LogP contribution in [0.5, 0.6) is 11.5 Å². The van der Waals surface area contributed by atoms with Crippen molar-refractivity contribution in [3.05, 3.63) is 71.8 Å². The van der Waals surface area contributed by atoms with E-state index in [1.54, 1.807) is 24.3 Å². The zero-order chi connectivity index (χ0) is 19.2. The molecule has 6 heteroatoms. The topological polar surface area (TPSA) is 102 Å². The van der Waals surface area contributed by atoms with Gasteiger partial charge < -0.3 is 20.6 Å². The average Bonchev–Trinajstić information content (AvgIpc) is 2.66. The number of phenols is 2. The number of para-hydroxylation sites is 1. The van der Waals surface area contributed by atoms with E-state index in [-0.39, 0.29) is 11.5 Å². The molecule has 1 atom stereocenters. The molecule has 0 fully saturated rings. The highest BCUT2D eigenvalue weighted by atomic mass is 16.4. The number of phenolic OH excluding ortho intramolecular Hbond substituents is 2. The fraction of sp³-hybridized carbons (Fsp3) is 0.190. The monoisotopic (exact) mass is 366 g/mol. The van der Waals surface area contributed by atoms with Crippen molar-refractivity contribution < 1.29 is 20.1 Å². The molecular formula is C21H22N2O4. The highest BCUT2D eigenvalue weighted by Crippen LogP contribution is 2.27. The van der Waals surface area contributed by atoms with E-state index in [2.05, 4.69) is 10.6 Å². The lowest BCUT2D eigenvalue weighted by Gasteiger charge is -2.16. The Morgan fingerprint density at radius 2 is 1.63 bits per heavy atom. The normalized spacial score (nSPS) is 12.1. The van der Waals surface area contributed by atoms with Crippen LogP contribution in [-0.4, -0.2) is 34.4 Å². The van der Waals surface area contributed by atoms with Gasteiger partial charge in [-0.3, -0.25) is 10.1 Å². The molecule has 0 amide bonds. The highest BCUT2D eigenvalue weighted by Gasteiger charge is 2.21. The van der Waals surface area contributed by atoms with Gasteiger partial charge in [0, 0.05) is 30.8 Å². The molecule has 3 rings (SSSR count). The standard InChI is InChI=1S/C21H22N2O4/c24-18-8-4-3-7-16(18)20(21(26)27)23-12-11-22-13-17-15-6-2-1-5-14(15)9-10-19(17)25/h1-10,20,22-25H,11-13H2,(H,26,27). The maximum Gasteiger partial charge on any atom is 0.325 e. The first-order chi connectivity index (χ1) is 13.1. The SMILES string of the molecule is O=C(O)C(NCCNCc1c(O)ccc2ccccc12)c1ccccc1O. The van der Waals surface area contributed by atoms with Gasteiger partial charge in [0.2, 0.25) is 0 Å². The van der Waals surface area contributed by atoms with Gasteiger partial charge in [0.1, 0.15) is 17.5 Å². The van der Waals surface area contributed by atoms with E-state index in [1.807, 2.05) is 30.3 Å². The largest absolute Gasteiger partial charge is 0.508 e. The van der Waals surface area contributed by atoms with Crippen LogP contribution in [-0.2, 0) is 11.3 Å². The van der Waals surface area contributed by atoms with Gasteiger partial charge in [-0.25, -0.2) is 0 Å². The van der Waals surface area contributed by atoms with Gasteiger partial charge >= 0.3 is 5.97 Å². The number of carboxylic acid groups (broad SMARTS) is 1. The summed E-state index contributed by atoms with van der Waals surface area (Å²) in [5, 5.41) is 37.6. The summed E-state index contributed by atoms with van der Waals surface area (Å²) < 4.78 is 0. The Bertz CT molecular complexity index is 942. The number of rotatable bonds is 8. The molecule has 0 saturated carbocycles. The van der Waals surface area contributed by atoms with Gasteiger partial charge in [0.05, 0.1) is 0 Å². The van der Waals surface area contributed by atoms with Crippen molar-refractivity contribution >= 4 is 16.7 Å². The van der Waals surface area contributed by atoms with Gasteiger partial charge in [-0.1, -0.05) is 48.5 Å². The van der Waals surface area contributed by atoms with Crippen LogP contribution in [0.3, 0.4) is 0 Å². The molecule has 3 aromatic carbocycles. The average molecular weight is 366 g/mol. The van der Waals surface area contributed by atoms with Gasteiger partial charge in [-0.15, -0.1) is 0 Å². The molecule has 6 nitrogen and oxygen atoms in total. The van der Waals surface area contributed by atoms with Crippen LogP contribution >= 0.6 is 0 Å². The van der Waals surface area contributed by atoms with Crippen molar-refractivity contribution in [2.75, 3.05) is 13.1 Å². The summed E-state index contributed by atoms with van der Waals surface area (Å²) in [6.45, 7) is 1.35. The molecule has 1 unspecified atom stereocenters. The summed E-state index contributed by atoms with van der Waals surface area (Å²) in [6, 6.07) is 16.8. The van der Waals surface area contributed by atoms with E-state index >= 15 is 0 Å². The molecule has 3 aromatic rings. The molecular weight excluding hydrogens is 344 g/mol. The number of aromatic hydroxyl groups is 2. The molecule has 0 saturated heterocycles. The number of carboxylic acids is 1. The predicted octanol–water partition coefficient (Wildman–Crippen LogP) is 2.76. The second kappa shape index (κ2) is 8.53. The number of nitrogens with one attached hydrogen (secondary N) is 2. The number of hydrogen-bond donors (Lipinski definition) is 5. The Hall–Kier alpha value is -3.09. The van der Waals surface area contributed by atoms with Crippen molar-refractivity contribution in [2.45, 2.75) is 12.6 Å². The van der Waals surface area contributed by atoms with Crippen LogP contribution in [0, 0.1) is 0 Å². The summed E-state index contributed by atoms with van der Waals surface area (Å²) in [5.41, 5.74) is 1.14. The lowest BCUT2D eigenvalue weighted by molar-refractivity contribution is -0.139. The zero-order valence-electron chi connectivity index (χ0n) is 14.7. The minimum absolute atomic E-state index is 0.0500. The van der Waals surface area contributed by atoms with Gasteiger partial charge in [0.15, 0.2) is 0 Å². The Morgan fingerprint density at radius 1 is 0.889 bits per heavy atom. The first-order valence-electron chi connectivity index (χ1n) is 8.72. The van der Waals surface area contributed by atoms with Crippen LogP contribution in [0.1, 0.15) is 17.2 Å². The Labute approximate surface area is 157 Å². The van der Waals surface area contributed by atoms with Crippen molar-refractivity contribution in [1.29, 1.82) is 0 Å². The zero-order valence-corrected chi connectivity index (χ0v) is 14.7. The fourth-order valence-electron chi connectivity index (χ4n) is 3.09. The van der Waals surface area contributed by atoms with E-state index in [0.29, 0.717) is 25.2 Å². The van der Waals surface area contributed by atoms with Crippen LogP contribution in [0.2, 0.25) is 0 Å². The number of fused-ring (bicyclic) bond motifs is 1. The minimum Gasteiger partial charge on any atom is -0.508 e. The van der Waals surface area contributed by atoms with Crippen molar-refractivity contribution in [1.82, 2.24) is 10.6 Å². The lowest BCUT2D eigenvalue weighted by Crippen LogP contribution is -2.34. The number of aliphatic carboxylic acids is 1. The highest BCUT2D eigenvalue weighted by molar-refractivity contribution is 5.87. The second-order valence-corrected chi connectivity index (χ2v) is 6.25. The molecule has 0 heterocycles. The van der Waals surface area contributed by atoms with E-state index < -0.39 is 12.0 Å². The lowest BCUT2D eigenvalue weighted by atomic mass is 10.0. The van der Waals surface area contributed by atoms with Gasteiger partial charge in [0.25, 0.3) is 0 Å². The number of benzene rings is 3. The maximum atomic E-state index is 11.5. The van der Waals surface area contributed by atoms with Crippen molar-refractivity contribution in [2.24, 2.45) is 0 Å². The first kappa shape index (κ1) is 18.7. The van der Waals surface area contributed by atoms with Crippen LogP contribution in [0.4, 0.5) is 0 Å². The third kappa shape index (κ3) is 4.36. The van der Waals surface area contributed by atoms with E-state index in [0.717, 1.165) is 16.3 Å². The first-order valence-corrected chi connectivity index (χ1v) is 8.72. The molecule has 0 radical (unpaired) electrons. The predicted molar refractivity (Wildman–Crippen MR) is 104 cm³/mol. The molecule has 0 spiro atoms. The smallest absolute Gasteiger partial charge is 0.325 e. The Morgan fingerprint density at radius 3 is 2.41 bits per heavy atom. The molecule has 0 aliphatic heterocycles. The second-order valence-electron chi connectivity index (χ2n) is 6.25. The van der Waals surface area contributed by atoms with E-state index in [4.69, 9.17) is 0 Å². The van der Waals surface area contributed by atoms with Crippen LogP contribution < -0.4 is 10.6 Å². The molecule has 27 heavy (non-hydrogen) atoms. The van der Waals surface area contributed by atoms with Crippen molar-refractivity contribution in [3.8, 4) is 11.5 Å². The van der Waals surface area contributed by atoms with E-state index in [9.17, 15) is 20.1 Å². The van der Waals surface area contributed by atoms with E-state index in [1.165, 1.54) is 6.07 Å². The number of hydrogen-bond acceptors (Lipinski definition) is 5. The Balaban J connectivity index is 1.58. The number of carbonyl (C=O) groups is 1. The molecule has 0 bridgehead atoms. The quantitative estimate of drug-likeness (QED) is 0.393. The minimum atomic E-state index is -1.05. The summed E-state index contributed by atoms with van der Waals surface area (Å²) in [4.78, 5) is 11.5. The summed E-state index contributed by atoms with van der Waals surface area (Å²) in [7, 11) is 0. The summed E-state index contributed by atoms with van der Waals surface area (Å²) >= 11 is 0. The summed E-state index contributed by atoms with van der Waals surface area (Å²) in [6.07, 6.45) is 0. The van der Waals surface area contributed by atoms with Crippen LogP contribution in [0.25, 0.3) is 10.8 Å². The third-order valence-corrected chi connectivity index (χ3v) is 4.46. The third-order valence-electron chi connectivity index (χ3n) is 4.46. The maximum absolute atomic E-state index is 11.5. The molecule has 5 N–H and O–H groups in total. The van der Waals surface area contributed by atoms with Crippen LogP contribution in [0.15, 0.2) is 60.7 Å². The molecule has 0 aromatic heterocycles. The fourth-order valence-corrected chi connectivity index (χ4v) is 3.09. The van der Waals surface area contributed by atoms with Crippen molar-refractivity contribution in [3.63, 3.8) is 0 Å². The van der Waals surface area contributed by atoms with Gasteiger partial charge in [-0.2, -0.15) is 0 Å². The Kier molecular flexibility index (Phi) is 5.90. The molecule has 140 valence electrons.